The SMILES string of the molecule is Cc1cc(C2NNC3CCC(C(=O)NC4CCCC(O)(Cc5ccccc5F)C4)CC32)ccn1. The van der Waals surface area contributed by atoms with Gasteiger partial charge in [-0.3, -0.25) is 15.2 Å². The topological polar surface area (TPSA) is 86.3 Å². The van der Waals surface area contributed by atoms with Gasteiger partial charge in [0.2, 0.25) is 5.91 Å². The van der Waals surface area contributed by atoms with E-state index in [2.05, 4.69) is 33.3 Å². The number of hydrazine groups is 1. The smallest absolute Gasteiger partial charge is 0.223 e. The van der Waals surface area contributed by atoms with Crippen LogP contribution >= 0.6 is 0 Å². The molecule has 0 radical (unpaired) electrons. The molecule has 1 saturated heterocycles. The first-order valence-electron chi connectivity index (χ1n) is 12.6. The van der Waals surface area contributed by atoms with E-state index in [0.717, 1.165) is 37.8 Å². The summed E-state index contributed by atoms with van der Waals surface area (Å²) in [7, 11) is 0. The lowest BCUT2D eigenvalue weighted by atomic mass is 9.73. The van der Waals surface area contributed by atoms with Crippen molar-refractivity contribution in [2.24, 2.45) is 11.8 Å². The highest BCUT2D eigenvalue weighted by molar-refractivity contribution is 5.79. The number of aryl methyl sites for hydroxylation is 1. The molecule has 182 valence electrons. The molecule has 6 atom stereocenters. The van der Waals surface area contributed by atoms with Crippen LogP contribution in [-0.2, 0) is 11.2 Å². The second-order valence-electron chi connectivity index (χ2n) is 10.6. The summed E-state index contributed by atoms with van der Waals surface area (Å²) in [5.41, 5.74) is 8.64. The van der Waals surface area contributed by atoms with Gasteiger partial charge in [-0.1, -0.05) is 18.2 Å². The van der Waals surface area contributed by atoms with Gasteiger partial charge in [0.15, 0.2) is 0 Å². The van der Waals surface area contributed by atoms with Gasteiger partial charge >= 0.3 is 0 Å². The number of pyridine rings is 1. The minimum atomic E-state index is -0.986. The Morgan fingerprint density at radius 1 is 1.24 bits per heavy atom. The van der Waals surface area contributed by atoms with Crippen LogP contribution in [0.15, 0.2) is 42.6 Å². The van der Waals surface area contributed by atoms with Crippen molar-refractivity contribution in [2.75, 3.05) is 0 Å². The van der Waals surface area contributed by atoms with Crippen molar-refractivity contribution >= 4 is 5.91 Å². The van der Waals surface area contributed by atoms with E-state index >= 15 is 0 Å². The Morgan fingerprint density at radius 2 is 2.09 bits per heavy atom. The van der Waals surface area contributed by atoms with E-state index in [0.29, 0.717) is 30.4 Å². The van der Waals surface area contributed by atoms with Crippen molar-refractivity contribution in [1.29, 1.82) is 0 Å². The molecule has 3 aliphatic rings. The van der Waals surface area contributed by atoms with E-state index in [1.54, 1.807) is 18.2 Å². The maximum atomic E-state index is 14.2. The van der Waals surface area contributed by atoms with E-state index < -0.39 is 5.60 Å². The molecule has 2 saturated carbocycles. The van der Waals surface area contributed by atoms with Crippen molar-refractivity contribution in [3.63, 3.8) is 0 Å². The molecule has 5 rings (SSSR count). The van der Waals surface area contributed by atoms with Gasteiger partial charge in [0, 0.05) is 36.3 Å². The maximum Gasteiger partial charge on any atom is 0.223 e. The average Bonchev–Trinajstić information content (AvgIpc) is 3.24. The molecule has 1 amide bonds. The lowest BCUT2D eigenvalue weighted by Gasteiger charge is -2.39. The number of rotatable bonds is 5. The summed E-state index contributed by atoms with van der Waals surface area (Å²) < 4.78 is 14.2. The van der Waals surface area contributed by atoms with Crippen molar-refractivity contribution in [3.8, 4) is 0 Å². The Labute approximate surface area is 200 Å². The number of carbonyl (C=O) groups excluding carboxylic acids is 1. The van der Waals surface area contributed by atoms with E-state index in [1.807, 2.05) is 13.1 Å². The van der Waals surface area contributed by atoms with Gasteiger partial charge in [0.1, 0.15) is 5.82 Å². The van der Waals surface area contributed by atoms with Crippen LogP contribution in [0.1, 0.15) is 67.8 Å². The molecule has 7 heteroatoms. The molecule has 3 fully saturated rings. The first-order chi connectivity index (χ1) is 16.4. The van der Waals surface area contributed by atoms with Gasteiger partial charge in [-0.25, -0.2) is 9.82 Å². The third kappa shape index (κ3) is 5.02. The van der Waals surface area contributed by atoms with E-state index in [1.165, 1.54) is 11.6 Å². The molecule has 1 aliphatic heterocycles. The van der Waals surface area contributed by atoms with Crippen LogP contribution < -0.4 is 16.2 Å². The molecule has 34 heavy (non-hydrogen) atoms. The van der Waals surface area contributed by atoms with Crippen molar-refractivity contribution < 1.29 is 14.3 Å². The van der Waals surface area contributed by atoms with E-state index in [9.17, 15) is 14.3 Å². The molecule has 2 aromatic rings. The highest BCUT2D eigenvalue weighted by atomic mass is 19.1. The van der Waals surface area contributed by atoms with E-state index in [4.69, 9.17) is 0 Å². The zero-order chi connectivity index (χ0) is 23.7. The number of halogens is 1. The number of benzene rings is 1. The number of carbonyl (C=O) groups is 1. The minimum absolute atomic E-state index is 0.0324. The van der Waals surface area contributed by atoms with Crippen molar-refractivity contribution in [3.05, 3.63) is 65.2 Å². The molecule has 1 aromatic carbocycles. The second-order valence-corrected chi connectivity index (χ2v) is 10.6. The third-order valence-electron chi connectivity index (χ3n) is 8.05. The molecule has 4 N–H and O–H groups in total. The summed E-state index contributed by atoms with van der Waals surface area (Å²) in [5, 5.41) is 14.5. The molecule has 6 unspecified atom stereocenters. The Hall–Kier alpha value is -2.35. The van der Waals surface area contributed by atoms with Crippen LogP contribution in [0.4, 0.5) is 4.39 Å². The number of nitrogens with zero attached hydrogens (tertiary/aromatic N) is 1. The largest absolute Gasteiger partial charge is 0.389 e. The fourth-order valence-electron chi connectivity index (χ4n) is 6.33. The molecule has 0 spiro atoms. The van der Waals surface area contributed by atoms with Gasteiger partial charge in [-0.05, 0) is 87.1 Å². The maximum absolute atomic E-state index is 14.2. The van der Waals surface area contributed by atoms with Crippen LogP contribution in [-0.4, -0.2) is 33.7 Å². The molecular weight excluding hydrogens is 431 g/mol. The van der Waals surface area contributed by atoms with Gasteiger partial charge in [0.25, 0.3) is 0 Å². The van der Waals surface area contributed by atoms with Gasteiger partial charge in [-0.2, -0.15) is 0 Å². The van der Waals surface area contributed by atoms with Crippen LogP contribution in [0.5, 0.6) is 0 Å². The highest BCUT2D eigenvalue weighted by Crippen LogP contribution is 2.41. The number of fused-ring (bicyclic) bond motifs is 1. The van der Waals surface area contributed by atoms with Gasteiger partial charge < -0.3 is 10.4 Å². The zero-order valence-corrected chi connectivity index (χ0v) is 19.8. The number of aromatic nitrogens is 1. The highest BCUT2D eigenvalue weighted by Gasteiger charge is 2.43. The molecule has 2 heterocycles. The number of hydrogen-bond donors (Lipinski definition) is 4. The number of nitrogens with one attached hydrogen (secondary N) is 3. The zero-order valence-electron chi connectivity index (χ0n) is 19.8. The Morgan fingerprint density at radius 3 is 2.91 bits per heavy atom. The van der Waals surface area contributed by atoms with Gasteiger partial charge in [0.05, 0.1) is 11.6 Å². The Bertz CT molecular complexity index is 1030. The number of aliphatic hydroxyl groups is 1. The monoisotopic (exact) mass is 466 g/mol. The first-order valence-corrected chi connectivity index (χ1v) is 12.6. The predicted octanol–water partition coefficient (Wildman–Crippen LogP) is 3.50. The average molecular weight is 467 g/mol. The van der Waals surface area contributed by atoms with E-state index in [-0.39, 0.29) is 36.1 Å². The lowest BCUT2D eigenvalue weighted by molar-refractivity contribution is -0.128. The summed E-state index contributed by atoms with van der Waals surface area (Å²) in [5.74, 6) is 0.123. The van der Waals surface area contributed by atoms with Crippen molar-refractivity contribution in [2.45, 2.75) is 82.0 Å². The van der Waals surface area contributed by atoms with Crippen molar-refractivity contribution in [1.82, 2.24) is 21.2 Å². The normalized spacial score (nSPS) is 33.3. The Kier molecular flexibility index (Phi) is 6.69. The fraction of sp³-hybridized carbons (Fsp3) is 0.556. The van der Waals surface area contributed by atoms with Crippen LogP contribution in [0.2, 0.25) is 0 Å². The second kappa shape index (κ2) is 9.72. The molecule has 2 aliphatic carbocycles. The first kappa shape index (κ1) is 23.4. The molecule has 1 aromatic heterocycles. The summed E-state index contributed by atoms with van der Waals surface area (Å²) in [6.07, 6.45) is 7.54. The summed E-state index contributed by atoms with van der Waals surface area (Å²) in [4.78, 5) is 17.6. The van der Waals surface area contributed by atoms with Crippen LogP contribution in [0, 0.1) is 24.6 Å². The molecule has 0 bridgehead atoms. The standard InChI is InChI=1S/C27H35FN4O2/c1-17-13-18(10-12-29-17)25-22-14-19(8-9-24(22)31-32-25)26(33)30-21-6-4-11-27(34,16-21)15-20-5-2-3-7-23(20)28/h2-3,5,7,10,12-13,19,21-22,24-25,31-32,34H,4,6,8-9,11,14-16H2,1H3,(H,30,33). The van der Waals surface area contributed by atoms with Crippen LogP contribution in [0.3, 0.4) is 0 Å². The summed E-state index contributed by atoms with van der Waals surface area (Å²) in [6.45, 7) is 2.00. The summed E-state index contributed by atoms with van der Waals surface area (Å²) >= 11 is 0. The Balaban J connectivity index is 1.21. The third-order valence-corrected chi connectivity index (χ3v) is 8.05. The number of hydrogen-bond acceptors (Lipinski definition) is 5. The summed E-state index contributed by atoms with van der Waals surface area (Å²) in [6, 6.07) is 11.3. The lowest BCUT2D eigenvalue weighted by Crippen LogP contribution is -2.49. The van der Waals surface area contributed by atoms with Gasteiger partial charge in [-0.15, -0.1) is 0 Å². The fourth-order valence-corrected chi connectivity index (χ4v) is 6.33. The predicted molar refractivity (Wildman–Crippen MR) is 128 cm³/mol. The van der Waals surface area contributed by atoms with Crippen LogP contribution in [0.25, 0.3) is 0 Å². The quantitative estimate of drug-likeness (QED) is 0.542. The number of amides is 1. The minimum Gasteiger partial charge on any atom is -0.389 e. The molecular formula is C27H35FN4O2. The molecule has 6 nitrogen and oxygen atoms in total.